The maximum atomic E-state index is 13.4. The van der Waals surface area contributed by atoms with Crippen LogP contribution >= 0.6 is 12.4 Å². The quantitative estimate of drug-likeness (QED) is 0.843. The molecule has 26 heavy (non-hydrogen) atoms. The number of fused-ring (bicyclic) bond motifs is 1. The van der Waals surface area contributed by atoms with E-state index in [1.807, 2.05) is 0 Å². The molecule has 0 atom stereocenters. The third kappa shape index (κ3) is 3.48. The van der Waals surface area contributed by atoms with E-state index in [4.69, 9.17) is 0 Å². The van der Waals surface area contributed by atoms with E-state index in [0.29, 0.717) is 25.9 Å². The Kier molecular flexibility index (Phi) is 5.61. The van der Waals surface area contributed by atoms with Crippen molar-refractivity contribution in [3.8, 4) is 0 Å². The van der Waals surface area contributed by atoms with E-state index in [9.17, 15) is 12.8 Å². The molecular weight excluding hydrogens is 381 g/mol. The van der Waals surface area contributed by atoms with Crippen molar-refractivity contribution in [3.05, 3.63) is 41.7 Å². The zero-order chi connectivity index (χ0) is 17.4. The summed E-state index contributed by atoms with van der Waals surface area (Å²) in [5.41, 5.74) is 0. The van der Waals surface area contributed by atoms with E-state index < -0.39 is 15.8 Å². The summed E-state index contributed by atoms with van der Waals surface area (Å²) in [6, 6.07) is 5.18. The lowest BCUT2D eigenvalue weighted by atomic mass is 9.97. The first kappa shape index (κ1) is 19.2. The number of sulfonamides is 1. The molecule has 0 bridgehead atoms. The smallest absolute Gasteiger partial charge is 0.243 e. The molecule has 0 spiro atoms. The molecule has 10 heteroatoms. The zero-order valence-corrected chi connectivity index (χ0v) is 15.8. The molecule has 0 saturated carbocycles. The predicted molar refractivity (Wildman–Crippen MR) is 96.1 cm³/mol. The molecule has 1 aromatic heterocycles. The summed E-state index contributed by atoms with van der Waals surface area (Å²) >= 11 is 0. The molecule has 3 heterocycles. The van der Waals surface area contributed by atoms with Gasteiger partial charge in [-0.3, -0.25) is 0 Å². The average Bonchev–Trinajstić information content (AvgIpc) is 3.06. The molecule has 1 aromatic carbocycles. The van der Waals surface area contributed by atoms with Crippen LogP contribution in [-0.2, 0) is 23.1 Å². The Morgan fingerprint density at radius 2 is 1.92 bits per heavy atom. The molecule has 2 aliphatic rings. The van der Waals surface area contributed by atoms with E-state index >= 15 is 0 Å². The number of rotatable bonds is 3. The summed E-state index contributed by atoms with van der Waals surface area (Å²) in [7, 11) is -3.65. The zero-order valence-electron chi connectivity index (χ0n) is 14.1. The first-order chi connectivity index (χ1) is 12.1. The van der Waals surface area contributed by atoms with Crippen LogP contribution in [0.25, 0.3) is 0 Å². The summed E-state index contributed by atoms with van der Waals surface area (Å²) in [6.45, 7) is 3.28. The highest BCUT2D eigenvalue weighted by Crippen LogP contribution is 2.30. The van der Waals surface area contributed by atoms with Gasteiger partial charge in [-0.05, 0) is 31.0 Å². The lowest BCUT2D eigenvalue weighted by Gasteiger charge is -2.31. The molecule has 1 fully saturated rings. The van der Waals surface area contributed by atoms with E-state index in [-0.39, 0.29) is 23.2 Å². The van der Waals surface area contributed by atoms with E-state index in [1.54, 1.807) is 0 Å². The fourth-order valence-corrected chi connectivity index (χ4v) is 5.05. The lowest BCUT2D eigenvalue weighted by molar-refractivity contribution is 0.307. The maximum Gasteiger partial charge on any atom is 0.243 e. The number of hydrogen-bond acceptors (Lipinski definition) is 5. The normalized spacial score (nSPS) is 19.0. The van der Waals surface area contributed by atoms with Gasteiger partial charge in [0.2, 0.25) is 10.0 Å². The van der Waals surface area contributed by atoms with E-state index in [1.165, 1.54) is 22.5 Å². The van der Waals surface area contributed by atoms with Gasteiger partial charge in [-0.25, -0.2) is 12.8 Å². The average molecular weight is 402 g/mol. The van der Waals surface area contributed by atoms with Crippen LogP contribution in [0.15, 0.2) is 29.2 Å². The van der Waals surface area contributed by atoms with Gasteiger partial charge in [-0.1, -0.05) is 6.07 Å². The van der Waals surface area contributed by atoms with Crippen molar-refractivity contribution in [1.29, 1.82) is 0 Å². The molecule has 2 aromatic rings. The van der Waals surface area contributed by atoms with Gasteiger partial charge in [-0.2, -0.15) is 4.31 Å². The van der Waals surface area contributed by atoms with Crippen molar-refractivity contribution in [2.45, 2.75) is 36.7 Å². The third-order valence-corrected chi connectivity index (χ3v) is 6.80. The van der Waals surface area contributed by atoms with Gasteiger partial charge in [0.15, 0.2) is 0 Å². The summed E-state index contributed by atoms with van der Waals surface area (Å²) in [5, 5.41) is 11.8. The molecule has 1 saturated heterocycles. The second kappa shape index (κ2) is 7.59. The Balaban J connectivity index is 0.00000196. The number of nitrogens with zero attached hydrogens (tertiary/aromatic N) is 4. The van der Waals surface area contributed by atoms with Crippen LogP contribution in [0.4, 0.5) is 4.39 Å². The molecule has 0 amide bonds. The highest BCUT2D eigenvalue weighted by Gasteiger charge is 2.32. The lowest BCUT2D eigenvalue weighted by Crippen LogP contribution is -2.38. The second-order valence-corrected chi connectivity index (χ2v) is 8.38. The van der Waals surface area contributed by atoms with E-state index in [0.717, 1.165) is 37.3 Å². The third-order valence-electron chi connectivity index (χ3n) is 4.90. The first-order valence-corrected chi connectivity index (χ1v) is 9.88. The molecule has 0 unspecified atom stereocenters. The molecule has 0 aliphatic carbocycles. The molecular formula is C16H21ClFN5O2S. The highest BCUT2D eigenvalue weighted by atomic mass is 35.5. The van der Waals surface area contributed by atoms with Gasteiger partial charge in [0.1, 0.15) is 17.5 Å². The summed E-state index contributed by atoms with van der Waals surface area (Å²) in [5.74, 6) is 1.56. The van der Waals surface area contributed by atoms with Gasteiger partial charge >= 0.3 is 0 Å². The monoisotopic (exact) mass is 401 g/mol. The van der Waals surface area contributed by atoms with Crippen LogP contribution in [0.1, 0.15) is 30.4 Å². The minimum Gasteiger partial charge on any atom is -0.312 e. The highest BCUT2D eigenvalue weighted by molar-refractivity contribution is 7.89. The Morgan fingerprint density at radius 3 is 2.65 bits per heavy atom. The van der Waals surface area contributed by atoms with Crippen molar-refractivity contribution >= 4 is 22.4 Å². The Labute approximate surface area is 158 Å². The number of nitrogens with one attached hydrogen (secondary N) is 1. The minimum atomic E-state index is -3.65. The molecule has 2 aliphatic heterocycles. The van der Waals surface area contributed by atoms with Crippen molar-refractivity contribution in [2.75, 3.05) is 19.6 Å². The topological polar surface area (TPSA) is 80.1 Å². The molecule has 0 radical (unpaired) electrons. The van der Waals surface area contributed by atoms with Crippen LogP contribution in [0, 0.1) is 5.82 Å². The van der Waals surface area contributed by atoms with Crippen LogP contribution in [-0.4, -0.2) is 47.1 Å². The number of hydrogen-bond donors (Lipinski definition) is 1. The van der Waals surface area contributed by atoms with Gasteiger partial charge in [0.25, 0.3) is 0 Å². The van der Waals surface area contributed by atoms with Gasteiger partial charge in [-0.15, -0.1) is 22.6 Å². The van der Waals surface area contributed by atoms with Gasteiger partial charge in [0, 0.05) is 32.1 Å². The van der Waals surface area contributed by atoms with Crippen molar-refractivity contribution in [3.63, 3.8) is 0 Å². The standard InChI is InChI=1S/C16H20FN5O2S.ClH/c17-13-2-1-3-14(10-13)25(23,24)21-7-4-12(5-8-21)16-20-19-15-11-18-6-9-22(15)16;/h1-3,10,12,18H,4-9,11H2;1H. The summed E-state index contributed by atoms with van der Waals surface area (Å²) in [4.78, 5) is 0.0110. The summed E-state index contributed by atoms with van der Waals surface area (Å²) < 4.78 is 42.3. The van der Waals surface area contributed by atoms with Crippen LogP contribution < -0.4 is 5.32 Å². The Bertz CT molecular complexity index is 881. The number of aromatic nitrogens is 3. The SMILES string of the molecule is Cl.O=S(=O)(c1cccc(F)c1)N1CCC(c2nnc3n2CCNC3)CC1. The minimum absolute atomic E-state index is 0. The Hall–Kier alpha value is -1.55. The van der Waals surface area contributed by atoms with Gasteiger partial charge < -0.3 is 9.88 Å². The molecule has 4 rings (SSSR count). The predicted octanol–water partition coefficient (Wildman–Crippen LogP) is 1.51. The number of piperidine rings is 1. The van der Waals surface area contributed by atoms with Crippen molar-refractivity contribution < 1.29 is 12.8 Å². The van der Waals surface area contributed by atoms with Crippen LogP contribution in [0.5, 0.6) is 0 Å². The molecule has 1 N–H and O–H groups in total. The maximum absolute atomic E-state index is 13.4. The largest absolute Gasteiger partial charge is 0.312 e. The number of benzene rings is 1. The first-order valence-electron chi connectivity index (χ1n) is 8.44. The fourth-order valence-electron chi connectivity index (χ4n) is 3.55. The second-order valence-electron chi connectivity index (χ2n) is 6.44. The Morgan fingerprint density at radius 1 is 1.15 bits per heavy atom. The van der Waals surface area contributed by atoms with Crippen LogP contribution in [0.2, 0.25) is 0 Å². The molecule has 7 nitrogen and oxygen atoms in total. The fraction of sp³-hybridized carbons (Fsp3) is 0.500. The van der Waals surface area contributed by atoms with Crippen molar-refractivity contribution in [1.82, 2.24) is 24.4 Å². The molecule has 142 valence electrons. The van der Waals surface area contributed by atoms with E-state index in [2.05, 4.69) is 20.1 Å². The van der Waals surface area contributed by atoms with Crippen molar-refractivity contribution in [2.24, 2.45) is 0 Å². The van der Waals surface area contributed by atoms with Crippen LogP contribution in [0.3, 0.4) is 0 Å². The van der Waals surface area contributed by atoms with Gasteiger partial charge in [0.05, 0.1) is 11.4 Å². The summed E-state index contributed by atoms with van der Waals surface area (Å²) in [6.07, 6.45) is 1.39. The number of halogens is 2.